The number of carbonyl (C=O) groups excluding carboxylic acids is 1. The van der Waals surface area contributed by atoms with Gasteiger partial charge in [-0.15, -0.1) is 0 Å². The monoisotopic (exact) mass is 576 g/mol. The van der Waals surface area contributed by atoms with Crippen molar-refractivity contribution in [3.8, 4) is 17.6 Å². The molecule has 2 aromatic rings. The van der Waals surface area contributed by atoms with Gasteiger partial charge in [-0.25, -0.2) is 4.39 Å². The zero-order chi connectivity index (χ0) is 30.6. The van der Waals surface area contributed by atoms with Gasteiger partial charge in [0.05, 0.1) is 37.9 Å². The Morgan fingerprint density at radius 1 is 1.12 bits per heavy atom. The molecule has 4 rings (SSSR count). The lowest BCUT2D eigenvalue weighted by Crippen LogP contribution is -2.31. The van der Waals surface area contributed by atoms with Gasteiger partial charge in [-0.05, 0) is 105 Å². The zero-order valence-corrected chi connectivity index (χ0v) is 26.0. The van der Waals surface area contributed by atoms with E-state index < -0.39 is 5.82 Å². The van der Waals surface area contributed by atoms with E-state index in [0.29, 0.717) is 35.9 Å². The fraction of sp³-hybridized carbons (Fsp3) is 0.559. The number of amidine groups is 1. The van der Waals surface area contributed by atoms with Crippen molar-refractivity contribution in [2.24, 2.45) is 0 Å². The number of Topliss-reactive ketones (excluding diaryl/α,β-unsaturated/α-hetero) is 1. The Kier molecular flexibility index (Phi) is 9.93. The third kappa shape index (κ3) is 6.62. The van der Waals surface area contributed by atoms with Gasteiger partial charge in [0.15, 0.2) is 23.1 Å². The van der Waals surface area contributed by atoms with Gasteiger partial charge in [0.2, 0.25) is 0 Å². The maximum absolute atomic E-state index is 15.6. The van der Waals surface area contributed by atoms with E-state index in [-0.39, 0.29) is 48.0 Å². The van der Waals surface area contributed by atoms with E-state index >= 15 is 4.39 Å². The summed E-state index contributed by atoms with van der Waals surface area (Å²) < 4.78 is 26.8. The molecule has 0 aliphatic carbocycles. The van der Waals surface area contributed by atoms with Crippen LogP contribution in [-0.2, 0) is 12.0 Å². The van der Waals surface area contributed by atoms with Crippen molar-refractivity contribution >= 4 is 11.6 Å². The van der Waals surface area contributed by atoms with Crippen LogP contribution in [0.4, 0.5) is 4.39 Å². The number of hydrogen-bond donors (Lipinski definition) is 1. The van der Waals surface area contributed by atoms with Crippen LogP contribution in [0.3, 0.4) is 0 Å². The summed E-state index contributed by atoms with van der Waals surface area (Å²) in [6.45, 7) is 15.4. The van der Waals surface area contributed by atoms with Gasteiger partial charge in [-0.2, -0.15) is 5.26 Å². The number of rotatable bonds is 9. The van der Waals surface area contributed by atoms with Gasteiger partial charge in [0, 0.05) is 12.1 Å². The van der Waals surface area contributed by atoms with Gasteiger partial charge in [0.25, 0.3) is 0 Å². The Labute approximate surface area is 250 Å². The molecule has 0 bridgehead atoms. The molecule has 226 valence electrons. The fourth-order valence-corrected chi connectivity index (χ4v) is 6.41. The van der Waals surface area contributed by atoms with Crippen molar-refractivity contribution in [2.75, 3.05) is 39.4 Å². The molecule has 42 heavy (non-hydrogen) atoms. The maximum atomic E-state index is 15.6. The summed E-state index contributed by atoms with van der Waals surface area (Å²) in [6, 6.07) is 8.10. The molecule has 0 saturated carbocycles. The number of likely N-dealkylation sites (tertiary alicyclic amines) is 1. The molecule has 0 amide bonds. The normalized spacial score (nSPS) is 17.8. The third-order valence-corrected chi connectivity index (χ3v) is 8.49. The molecule has 2 aliphatic heterocycles. The molecular weight excluding hydrogens is 531 g/mol. The highest BCUT2D eigenvalue weighted by molar-refractivity contribution is 6.06. The number of halogens is 1. The Morgan fingerprint density at radius 2 is 1.86 bits per heavy atom. The van der Waals surface area contributed by atoms with Crippen molar-refractivity contribution in [3.05, 3.63) is 57.4 Å². The summed E-state index contributed by atoms with van der Waals surface area (Å²) in [7, 11) is 0. The van der Waals surface area contributed by atoms with Crippen molar-refractivity contribution in [1.29, 1.82) is 10.7 Å². The van der Waals surface area contributed by atoms with E-state index in [1.165, 1.54) is 11.1 Å². The number of carbonyl (C=O) groups is 1. The first-order valence-electron chi connectivity index (χ1n) is 15.2. The quantitative estimate of drug-likeness (QED) is 0.263. The Balaban J connectivity index is 1.64. The highest BCUT2D eigenvalue weighted by atomic mass is 19.1. The molecule has 2 aliphatic rings. The van der Waals surface area contributed by atoms with Gasteiger partial charge in [-0.1, -0.05) is 27.2 Å². The average Bonchev–Trinajstić information content (AvgIpc) is 3.22. The molecule has 1 N–H and O–H groups in total. The number of ether oxygens (including phenoxy) is 2. The van der Waals surface area contributed by atoms with Crippen LogP contribution < -0.4 is 9.47 Å². The van der Waals surface area contributed by atoms with E-state index in [9.17, 15) is 10.1 Å². The van der Waals surface area contributed by atoms with Crippen LogP contribution in [0.1, 0.15) is 104 Å². The molecular formula is C34H45FN4O3. The molecule has 0 aromatic heterocycles. The Morgan fingerprint density at radius 3 is 2.52 bits per heavy atom. The number of nitriles is 1. The average molecular weight is 577 g/mol. The maximum Gasteiger partial charge on any atom is 0.197 e. The predicted molar refractivity (Wildman–Crippen MR) is 163 cm³/mol. The van der Waals surface area contributed by atoms with Crippen LogP contribution in [0.2, 0.25) is 0 Å². The zero-order valence-electron chi connectivity index (χ0n) is 26.0. The third-order valence-electron chi connectivity index (χ3n) is 8.49. The molecule has 0 radical (unpaired) electrons. The molecule has 1 atom stereocenters. The van der Waals surface area contributed by atoms with Crippen molar-refractivity contribution in [3.63, 3.8) is 0 Å². The molecule has 0 spiro atoms. The number of ketones is 1. The highest BCUT2D eigenvalue weighted by Crippen LogP contribution is 2.40. The second kappa shape index (κ2) is 13.2. The molecule has 1 fully saturated rings. The summed E-state index contributed by atoms with van der Waals surface area (Å²) in [5.74, 6) is -0.0749. The first-order valence-corrected chi connectivity index (χ1v) is 15.2. The molecule has 2 aromatic carbocycles. The lowest BCUT2D eigenvalue weighted by Gasteiger charge is -2.31. The first-order chi connectivity index (χ1) is 20.0. The number of fused-ring (bicyclic) bond motifs is 1. The topological polar surface area (TPSA) is 89.7 Å². The van der Waals surface area contributed by atoms with E-state index in [0.717, 1.165) is 44.3 Å². The molecule has 1 unspecified atom stereocenters. The fourth-order valence-electron chi connectivity index (χ4n) is 6.41. The van der Waals surface area contributed by atoms with Crippen molar-refractivity contribution in [2.45, 2.75) is 85.1 Å². The molecule has 8 heteroatoms. The van der Waals surface area contributed by atoms with Crippen LogP contribution in [-0.4, -0.2) is 60.8 Å². The highest BCUT2D eigenvalue weighted by Gasteiger charge is 2.34. The lowest BCUT2D eigenvalue weighted by atomic mass is 9.77. The van der Waals surface area contributed by atoms with Crippen LogP contribution in [0.25, 0.3) is 0 Å². The van der Waals surface area contributed by atoms with Crippen LogP contribution in [0.5, 0.6) is 11.5 Å². The minimum atomic E-state index is -0.611. The summed E-state index contributed by atoms with van der Waals surface area (Å²) in [5, 5.41) is 18.0. The van der Waals surface area contributed by atoms with Crippen LogP contribution in [0.15, 0.2) is 18.2 Å². The number of nitrogens with one attached hydrogen (secondary N) is 1. The number of hydrogen-bond acceptors (Lipinski definition) is 6. The largest absolute Gasteiger partial charge is 0.490 e. The smallest absolute Gasteiger partial charge is 0.197 e. The SMILES string of the molecule is CCOc1cc2c(c(F)c1OCC)C(=N)N(CC(=O)c1cc(C3CCCCN(CC#N)CC3)c(C)c(C(C)(C)C)c1)C2. The Hall–Kier alpha value is -3.44. The van der Waals surface area contributed by atoms with E-state index in [1.807, 2.05) is 13.0 Å². The standard InChI is InChI=1S/C34H45FN4O3/c1-7-41-29-19-25-20-39(33(37)30(25)31(35)32(29)42-8-2)21-28(40)24-17-26(22(3)27(18-24)34(4,5)6)23-11-9-10-14-38(15-12-23)16-13-36/h17-19,23,37H,7-12,14-16,20-21H2,1-6H3. The number of nitrogens with zero attached hydrogens (tertiary/aromatic N) is 3. The van der Waals surface area contributed by atoms with E-state index in [2.05, 4.69) is 44.7 Å². The predicted octanol–water partition coefficient (Wildman–Crippen LogP) is 6.74. The molecule has 1 saturated heterocycles. The summed E-state index contributed by atoms with van der Waals surface area (Å²) in [5.41, 5.74) is 4.84. The van der Waals surface area contributed by atoms with Crippen LogP contribution in [0, 0.1) is 29.5 Å². The van der Waals surface area contributed by atoms with Crippen molar-refractivity contribution < 1.29 is 18.7 Å². The second-order valence-electron chi connectivity index (χ2n) is 12.4. The first kappa shape index (κ1) is 31.5. The second-order valence-corrected chi connectivity index (χ2v) is 12.4. The van der Waals surface area contributed by atoms with E-state index in [1.54, 1.807) is 17.9 Å². The van der Waals surface area contributed by atoms with Crippen molar-refractivity contribution in [1.82, 2.24) is 9.80 Å². The molecule has 2 heterocycles. The summed E-state index contributed by atoms with van der Waals surface area (Å²) >= 11 is 0. The van der Waals surface area contributed by atoms with Gasteiger partial charge >= 0.3 is 0 Å². The minimum Gasteiger partial charge on any atom is -0.490 e. The van der Waals surface area contributed by atoms with Crippen LogP contribution >= 0.6 is 0 Å². The van der Waals surface area contributed by atoms with Gasteiger partial charge < -0.3 is 14.4 Å². The Bertz CT molecular complexity index is 1370. The summed E-state index contributed by atoms with van der Waals surface area (Å²) in [6.07, 6.45) is 4.14. The van der Waals surface area contributed by atoms with Gasteiger partial charge in [-0.3, -0.25) is 15.1 Å². The van der Waals surface area contributed by atoms with E-state index in [4.69, 9.17) is 14.9 Å². The number of benzene rings is 2. The lowest BCUT2D eigenvalue weighted by molar-refractivity contribution is 0.0962. The van der Waals surface area contributed by atoms with Gasteiger partial charge in [0.1, 0.15) is 5.84 Å². The minimum absolute atomic E-state index is 0.0131. The summed E-state index contributed by atoms with van der Waals surface area (Å²) in [4.78, 5) is 17.7. The molecule has 7 nitrogen and oxygen atoms in total.